The Morgan fingerprint density at radius 3 is 2.59 bits per heavy atom. The molecule has 17 heavy (non-hydrogen) atoms. The molecule has 96 valence electrons. The zero-order valence-corrected chi connectivity index (χ0v) is 11.7. The Labute approximate surface area is 107 Å². The highest BCUT2D eigenvalue weighted by atomic mass is 35.5. The fourth-order valence-electron chi connectivity index (χ4n) is 1.64. The van der Waals surface area contributed by atoms with Gasteiger partial charge in [0.1, 0.15) is 5.15 Å². The maximum absolute atomic E-state index is 12.0. The average molecular weight is 277 g/mol. The van der Waals surface area contributed by atoms with E-state index in [-0.39, 0.29) is 16.1 Å². The molecule has 0 aliphatic rings. The summed E-state index contributed by atoms with van der Waals surface area (Å²) < 4.78 is 26.6. The van der Waals surface area contributed by atoms with Gasteiger partial charge in [0.2, 0.25) is 10.0 Å². The number of rotatable bonds is 5. The second-order valence-corrected chi connectivity index (χ2v) is 6.57. The van der Waals surface area contributed by atoms with E-state index >= 15 is 0 Å². The minimum Gasteiger partial charge on any atom is -0.244 e. The Balaban J connectivity index is 2.82. The van der Waals surface area contributed by atoms with Gasteiger partial charge in [0.25, 0.3) is 0 Å². The highest BCUT2D eigenvalue weighted by Gasteiger charge is 2.18. The van der Waals surface area contributed by atoms with Crippen LogP contribution < -0.4 is 4.72 Å². The molecule has 0 bridgehead atoms. The van der Waals surface area contributed by atoms with Crippen molar-refractivity contribution < 1.29 is 8.42 Å². The van der Waals surface area contributed by atoms with Crippen LogP contribution >= 0.6 is 11.6 Å². The molecule has 4 nitrogen and oxygen atoms in total. The zero-order chi connectivity index (χ0) is 13.1. The fourth-order valence-corrected chi connectivity index (χ4v) is 3.15. The maximum Gasteiger partial charge on any atom is 0.240 e. The van der Waals surface area contributed by atoms with Gasteiger partial charge >= 0.3 is 0 Å². The SMILES string of the molecule is CC(C)CC(C)NS(=O)(=O)c1ccnc(Cl)c1. The van der Waals surface area contributed by atoms with E-state index in [1.54, 1.807) is 0 Å². The molecule has 1 aromatic rings. The van der Waals surface area contributed by atoms with Crippen LogP contribution in [-0.2, 0) is 10.0 Å². The lowest BCUT2D eigenvalue weighted by Crippen LogP contribution is -2.33. The Morgan fingerprint density at radius 2 is 2.06 bits per heavy atom. The summed E-state index contributed by atoms with van der Waals surface area (Å²) in [4.78, 5) is 3.90. The van der Waals surface area contributed by atoms with E-state index in [9.17, 15) is 8.42 Å². The van der Waals surface area contributed by atoms with Crippen molar-refractivity contribution in [1.29, 1.82) is 0 Å². The van der Waals surface area contributed by atoms with Crippen molar-refractivity contribution in [2.45, 2.75) is 38.1 Å². The highest BCUT2D eigenvalue weighted by Crippen LogP contribution is 2.14. The second kappa shape index (κ2) is 5.80. The Bertz CT molecular complexity index is 474. The quantitative estimate of drug-likeness (QED) is 0.841. The molecule has 0 aliphatic heterocycles. The minimum atomic E-state index is -3.50. The second-order valence-electron chi connectivity index (χ2n) is 4.47. The molecule has 0 saturated carbocycles. The molecule has 0 spiro atoms. The van der Waals surface area contributed by atoms with Crippen LogP contribution in [-0.4, -0.2) is 19.4 Å². The van der Waals surface area contributed by atoms with Gasteiger partial charge in [-0.3, -0.25) is 0 Å². The van der Waals surface area contributed by atoms with Crippen LogP contribution in [0.15, 0.2) is 23.2 Å². The van der Waals surface area contributed by atoms with E-state index in [0.717, 1.165) is 6.42 Å². The molecule has 6 heteroatoms. The highest BCUT2D eigenvalue weighted by molar-refractivity contribution is 7.89. The third kappa shape index (κ3) is 4.61. The fraction of sp³-hybridized carbons (Fsp3) is 0.545. The lowest BCUT2D eigenvalue weighted by molar-refractivity contribution is 0.482. The molecule has 1 N–H and O–H groups in total. The van der Waals surface area contributed by atoms with Crippen LogP contribution in [0.2, 0.25) is 5.15 Å². The third-order valence-electron chi connectivity index (χ3n) is 2.19. The number of hydrogen-bond donors (Lipinski definition) is 1. The molecule has 0 radical (unpaired) electrons. The van der Waals surface area contributed by atoms with Crippen molar-refractivity contribution in [2.75, 3.05) is 0 Å². The van der Waals surface area contributed by atoms with E-state index in [4.69, 9.17) is 11.6 Å². The molecule has 1 atom stereocenters. The first-order chi connectivity index (χ1) is 7.81. The van der Waals surface area contributed by atoms with Crippen molar-refractivity contribution in [1.82, 2.24) is 9.71 Å². The minimum absolute atomic E-state index is 0.105. The van der Waals surface area contributed by atoms with Gasteiger partial charge < -0.3 is 0 Å². The van der Waals surface area contributed by atoms with Gasteiger partial charge in [-0.2, -0.15) is 0 Å². The molecular weight excluding hydrogens is 260 g/mol. The van der Waals surface area contributed by atoms with Crippen LogP contribution in [0.3, 0.4) is 0 Å². The van der Waals surface area contributed by atoms with E-state index < -0.39 is 10.0 Å². The van der Waals surface area contributed by atoms with Crippen molar-refractivity contribution >= 4 is 21.6 Å². The normalized spacial score (nSPS) is 13.9. The van der Waals surface area contributed by atoms with Crippen LogP contribution in [0.5, 0.6) is 0 Å². The summed E-state index contributed by atoms with van der Waals surface area (Å²) >= 11 is 5.67. The van der Waals surface area contributed by atoms with Crippen molar-refractivity contribution in [3.63, 3.8) is 0 Å². The lowest BCUT2D eigenvalue weighted by atomic mass is 10.1. The number of aromatic nitrogens is 1. The largest absolute Gasteiger partial charge is 0.244 e. The lowest BCUT2D eigenvalue weighted by Gasteiger charge is -2.16. The maximum atomic E-state index is 12.0. The first-order valence-electron chi connectivity index (χ1n) is 5.45. The van der Waals surface area contributed by atoms with Crippen LogP contribution in [0.4, 0.5) is 0 Å². The van der Waals surface area contributed by atoms with E-state index in [2.05, 4.69) is 9.71 Å². The number of hydrogen-bond acceptors (Lipinski definition) is 3. The summed E-state index contributed by atoms with van der Waals surface area (Å²) in [6, 6.07) is 2.66. The number of nitrogens with one attached hydrogen (secondary N) is 1. The predicted molar refractivity (Wildman–Crippen MR) is 68.5 cm³/mol. The number of nitrogens with zero attached hydrogens (tertiary/aromatic N) is 1. The van der Waals surface area contributed by atoms with Gasteiger partial charge in [0, 0.05) is 12.2 Å². The van der Waals surface area contributed by atoms with E-state index in [1.165, 1.54) is 18.3 Å². The predicted octanol–water partition coefficient (Wildman–Crippen LogP) is 2.45. The van der Waals surface area contributed by atoms with Gasteiger partial charge in [-0.15, -0.1) is 0 Å². The molecular formula is C11H17ClN2O2S. The van der Waals surface area contributed by atoms with Crippen LogP contribution in [0.1, 0.15) is 27.2 Å². The molecule has 0 saturated heterocycles. The smallest absolute Gasteiger partial charge is 0.240 e. The first-order valence-corrected chi connectivity index (χ1v) is 7.31. The summed E-state index contributed by atoms with van der Waals surface area (Å²) in [7, 11) is -3.50. The standard InChI is InChI=1S/C11H17ClN2O2S/c1-8(2)6-9(3)14-17(15,16)10-4-5-13-11(12)7-10/h4-5,7-9,14H,6H2,1-3H3. The van der Waals surface area contributed by atoms with Gasteiger partial charge in [-0.1, -0.05) is 25.4 Å². The molecule has 1 rings (SSSR count). The topological polar surface area (TPSA) is 59.1 Å². The summed E-state index contributed by atoms with van der Waals surface area (Å²) in [6.45, 7) is 5.95. The third-order valence-corrected chi connectivity index (χ3v) is 3.98. The van der Waals surface area contributed by atoms with Gasteiger partial charge in [0.15, 0.2) is 0 Å². The molecule has 0 aliphatic carbocycles. The van der Waals surface area contributed by atoms with Gasteiger partial charge in [-0.25, -0.2) is 18.1 Å². The van der Waals surface area contributed by atoms with Crippen molar-refractivity contribution in [3.05, 3.63) is 23.5 Å². The van der Waals surface area contributed by atoms with Gasteiger partial charge in [0.05, 0.1) is 4.90 Å². The summed E-state index contributed by atoms with van der Waals surface area (Å²) in [5, 5.41) is 0.171. The molecule has 1 heterocycles. The Kier molecular flexibility index (Phi) is 4.91. The summed E-state index contributed by atoms with van der Waals surface area (Å²) in [5.74, 6) is 0.439. The number of pyridine rings is 1. The first kappa shape index (κ1) is 14.4. The van der Waals surface area contributed by atoms with Crippen molar-refractivity contribution in [3.8, 4) is 0 Å². The number of halogens is 1. The van der Waals surface area contributed by atoms with Crippen LogP contribution in [0.25, 0.3) is 0 Å². The Hall–Kier alpha value is -0.650. The molecule has 0 aromatic carbocycles. The van der Waals surface area contributed by atoms with Crippen LogP contribution in [0, 0.1) is 5.92 Å². The summed E-state index contributed by atoms with van der Waals surface area (Å²) in [5.41, 5.74) is 0. The summed E-state index contributed by atoms with van der Waals surface area (Å²) in [6.07, 6.45) is 2.17. The molecule has 1 unspecified atom stereocenters. The zero-order valence-electron chi connectivity index (χ0n) is 10.1. The molecule has 0 amide bonds. The van der Waals surface area contributed by atoms with Crippen molar-refractivity contribution in [2.24, 2.45) is 5.92 Å². The van der Waals surface area contributed by atoms with E-state index in [1.807, 2.05) is 20.8 Å². The van der Waals surface area contributed by atoms with Gasteiger partial charge in [-0.05, 0) is 31.4 Å². The molecule has 0 fully saturated rings. The van der Waals surface area contributed by atoms with E-state index in [0.29, 0.717) is 5.92 Å². The monoisotopic (exact) mass is 276 g/mol. The average Bonchev–Trinajstić information content (AvgIpc) is 2.15. The number of sulfonamides is 1. The Morgan fingerprint density at radius 1 is 1.41 bits per heavy atom. The molecule has 1 aromatic heterocycles.